The topological polar surface area (TPSA) is 35.5 Å². The van der Waals surface area contributed by atoms with E-state index >= 15 is 0 Å². The third-order valence-corrected chi connectivity index (χ3v) is 7.48. The van der Waals surface area contributed by atoms with Crippen LogP contribution >= 0.6 is 0 Å². The van der Waals surface area contributed by atoms with Crippen LogP contribution in [-0.4, -0.2) is 25.3 Å². The molecule has 114 valence electrons. The smallest absolute Gasteiger partial charge is 0.333 e. The second-order valence-corrected chi connectivity index (χ2v) is 8.20. The minimum Gasteiger partial charge on any atom is -0.459 e. The Morgan fingerprint density at radius 2 is 1.71 bits per heavy atom. The van der Waals surface area contributed by atoms with Crippen molar-refractivity contribution in [3.63, 3.8) is 0 Å². The average Bonchev–Trinajstić information content (AvgIpc) is 3.20. The fourth-order valence-electron chi connectivity index (χ4n) is 7.02. The van der Waals surface area contributed by atoms with E-state index in [1.807, 2.05) is 0 Å². The van der Waals surface area contributed by atoms with Crippen molar-refractivity contribution in [2.45, 2.75) is 32.3 Å². The van der Waals surface area contributed by atoms with Crippen molar-refractivity contribution in [3.05, 3.63) is 12.2 Å². The molecule has 0 aromatic rings. The van der Waals surface area contributed by atoms with Crippen LogP contribution in [0.5, 0.6) is 0 Å². The summed E-state index contributed by atoms with van der Waals surface area (Å²) < 4.78 is 11.5. The summed E-state index contributed by atoms with van der Waals surface area (Å²) in [6.07, 6.45) is 4.01. The van der Waals surface area contributed by atoms with Crippen molar-refractivity contribution < 1.29 is 14.3 Å². The van der Waals surface area contributed by atoms with Gasteiger partial charge in [-0.15, -0.1) is 0 Å². The van der Waals surface area contributed by atoms with Gasteiger partial charge in [-0.25, -0.2) is 4.79 Å². The van der Waals surface area contributed by atoms with Crippen molar-refractivity contribution in [1.82, 2.24) is 0 Å². The zero-order valence-corrected chi connectivity index (χ0v) is 12.7. The molecule has 4 saturated carbocycles. The van der Waals surface area contributed by atoms with Crippen molar-refractivity contribution in [3.8, 4) is 0 Å². The van der Waals surface area contributed by atoms with Gasteiger partial charge in [-0.1, -0.05) is 6.58 Å². The zero-order valence-electron chi connectivity index (χ0n) is 12.7. The Labute approximate surface area is 126 Å². The van der Waals surface area contributed by atoms with Crippen molar-refractivity contribution >= 4 is 5.97 Å². The Morgan fingerprint density at radius 3 is 2.43 bits per heavy atom. The summed E-state index contributed by atoms with van der Waals surface area (Å²) >= 11 is 0. The van der Waals surface area contributed by atoms with E-state index in [1.165, 1.54) is 12.8 Å². The van der Waals surface area contributed by atoms with Crippen LogP contribution in [0.4, 0.5) is 0 Å². The Bertz CT molecular complexity index is 513. The number of fused-ring (bicyclic) bond motifs is 12. The van der Waals surface area contributed by atoms with Crippen LogP contribution in [0.1, 0.15) is 26.2 Å². The number of carbonyl (C=O) groups is 1. The average molecular weight is 288 g/mol. The molecule has 9 atom stereocenters. The van der Waals surface area contributed by atoms with Crippen LogP contribution in [0.25, 0.3) is 0 Å². The summed E-state index contributed by atoms with van der Waals surface area (Å²) in [7, 11) is 0. The first kappa shape index (κ1) is 12.7. The molecule has 0 radical (unpaired) electrons. The molecule has 1 heterocycles. The predicted octanol–water partition coefficient (Wildman–Crippen LogP) is 2.66. The number of hydrogen-bond donors (Lipinski definition) is 0. The summed E-state index contributed by atoms with van der Waals surface area (Å²) in [5.41, 5.74) is 0.534. The largest absolute Gasteiger partial charge is 0.459 e. The minimum absolute atomic E-state index is 0.167. The molecule has 0 amide bonds. The number of esters is 1. The van der Waals surface area contributed by atoms with Gasteiger partial charge in [0.1, 0.15) is 6.10 Å². The van der Waals surface area contributed by atoms with Crippen LogP contribution in [0, 0.1) is 47.3 Å². The lowest BCUT2D eigenvalue weighted by atomic mass is 9.64. The number of hydrogen-bond acceptors (Lipinski definition) is 3. The highest BCUT2D eigenvalue weighted by atomic mass is 16.5. The van der Waals surface area contributed by atoms with Gasteiger partial charge in [0.15, 0.2) is 0 Å². The lowest BCUT2D eigenvalue weighted by Crippen LogP contribution is -2.42. The van der Waals surface area contributed by atoms with Crippen LogP contribution < -0.4 is 0 Å². The molecule has 5 rings (SSSR count). The second kappa shape index (κ2) is 4.13. The Kier molecular flexibility index (Phi) is 2.49. The maximum atomic E-state index is 11.9. The van der Waals surface area contributed by atoms with Gasteiger partial charge in [0.25, 0.3) is 0 Å². The summed E-state index contributed by atoms with van der Waals surface area (Å²) in [5.74, 6) is 6.42. The Morgan fingerprint density at radius 1 is 1.00 bits per heavy atom. The van der Waals surface area contributed by atoms with Gasteiger partial charge in [-0.2, -0.15) is 0 Å². The van der Waals surface area contributed by atoms with Gasteiger partial charge in [0.2, 0.25) is 0 Å². The van der Waals surface area contributed by atoms with Crippen LogP contribution in [0.15, 0.2) is 12.2 Å². The van der Waals surface area contributed by atoms with Gasteiger partial charge in [0, 0.05) is 5.57 Å². The van der Waals surface area contributed by atoms with E-state index in [1.54, 1.807) is 6.92 Å². The first-order chi connectivity index (χ1) is 10.1. The summed E-state index contributed by atoms with van der Waals surface area (Å²) in [4.78, 5) is 11.9. The first-order valence-corrected chi connectivity index (χ1v) is 8.59. The Balaban J connectivity index is 1.39. The molecular formula is C18H24O3. The molecule has 1 aliphatic heterocycles. The third kappa shape index (κ3) is 1.51. The van der Waals surface area contributed by atoms with Gasteiger partial charge in [-0.05, 0) is 73.5 Å². The number of ether oxygens (including phenoxy) is 2. The number of carbonyl (C=O) groups excluding carboxylic acids is 1. The van der Waals surface area contributed by atoms with Gasteiger partial charge in [-0.3, -0.25) is 0 Å². The highest BCUT2D eigenvalue weighted by molar-refractivity contribution is 5.87. The van der Waals surface area contributed by atoms with E-state index < -0.39 is 0 Å². The summed E-state index contributed by atoms with van der Waals surface area (Å²) in [6, 6.07) is 0. The van der Waals surface area contributed by atoms with Gasteiger partial charge in [0.05, 0.1) is 13.2 Å². The number of rotatable bonds is 2. The summed E-state index contributed by atoms with van der Waals surface area (Å²) in [5, 5.41) is 0. The van der Waals surface area contributed by atoms with E-state index in [4.69, 9.17) is 9.47 Å². The lowest BCUT2D eigenvalue weighted by Gasteiger charge is -2.42. The Hall–Kier alpha value is -0.830. The molecule has 0 aromatic heterocycles. The standard InChI is InChI=1S/C18H24O3/c1-8(2)18(19)21-15-4-9-3-12(15)17-11-5-10(16(9)17)13-6-20-7-14(11)13/h9-17H,1,3-7H2,2H3. The lowest BCUT2D eigenvalue weighted by molar-refractivity contribution is -0.149. The van der Waals surface area contributed by atoms with Crippen molar-refractivity contribution in [2.24, 2.45) is 47.3 Å². The monoisotopic (exact) mass is 288 g/mol. The van der Waals surface area contributed by atoms with E-state index in [0.717, 1.165) is 61.1 Å². The molecule has 1 saturated heterocycles. The maximum Gasteiger partial charge on any atom is 0.333 e. The van der Waals surface area contributed by atoms with E-state index in [-0.39, 0.29) is 12.1 Å². The second-order valence-electron chi connectivity index (χ2n) is 8.20. The van der Waals surface area contributed by atoms with Crippen molar-refractivity contribution in [2.75, 3.05) is 13.2 Å². The molecule has 9 unspecified atom stereocenters. The molecule has 5 fully saturated rings. The van der Waals surface area contributed by atoms with Crippen LogP contribution in [0.3, 0.4) is 0 Å². The first-order valence-electron chi connectivity index (χ1n) is 8.59. The predicted molar refractivity (Wildman–Crippen MR) is 77.3 cm³/mol. The maximum absolute atomic E-state index is 11.9. The quantitative estimate of drug-likeness (QED) is 0.445. The van der Waals surface area contributed by atoms with Crippen LogP contribution in [0.2, 0.25) is 0 Å². The zero-order chi connectivity index (χ0) is 14.3. The third-order valence-electron chi connectivity index (χ3n) is 7.48. The highest BCUT2D eigenvalue weighted by Gasteiger charge is 2.68. The molecule has 0 N–H and O–H groups in total. The fraction of sp³-hybridized carbons (Fsp3) is 0.833. The summed E-state index contributed by atoms with van der Waals surface area (Å²) in [6.45, 7) is 7.47. The van der Waals surface area contributed by atoms with Gasteiger partial charge >= 0.3 is 5.97 Å². The van der Waals surface area contributed by atoms with E-state index in [9.17, 15) is 4.79 Å². The van der Waals surface area contributed by atoms with Crippen molar-refractivity contribution in [1.29, 1.82) is 0 Å². The molecule has 4 aliphatic carbocycles. The van der Waals surface area contributed by atoms with Crippen LogP contribution in [-0.2, 0) is 14.3 Å². The molecular weight excluding hydrogens is 264 g/mol. The molecule has 4 bridgehead atoms. The SMILES string of the molecule is C=C(C)C(=O)OC1CC2CC1C1C3CC(C4COCC43)C21. The molecule has 0 spiro atoms. The fourth-order valence-corrected chi connectivity index (χ4v) is 7.02. The molecule has 5 aliphatic rings. The van der Waals surface area contributed by atoms with E-state index in [2.05, 4.69) is 6.58 Å². The molecule has 0 aromatic carbocycles. The molecule has 21 heavy (non-hydrogen) atoms. The minimum atomic E-state index is -0.186. The van der Waals surface area contributed by atoms with Gasteiger partial charge < -0.3 is 9.47 Å². The van der Waals surface area contributed by atoms with E-state index in [0.29, 0.717) is 11.5 Å². The normalized spacial score (nSPS) is 55.6. The molecule has 3 heteroatoms. The highest BCUT2D eigenvalue weighted by Crippen LogP contribution is 2.71. The molecule has 3 nitrogen and oxygen atoms in total.